The summed E-state index contributed by atoms with van der Waals surface area (Å²) in [5, 5.41) is 5.32. The fourth-order valence-electron chi connectivity index (χ4n) is 2.66. The highest BCUT2D eigenvalue weighted by Crippen LogP contribution is 2.22. The van der Waals surface area contributed by atoms with Crippen molar-refractivity contribution in [3.05, 3.63) is 29.8 Å². The summed E-state index contributed by atoms with van der Waals surface area (Å²) < 4.78 is 23.8. The average Bonchev–Trinajstić information content (AvgIpc) is 2.88. The summed E-state index contributed by atoms with van der Waals surface area (Å²) in [4.78, 5) is 25.4. The molecule has 0 bridgehead atoms. The van der Waals surface area contributed by atoms with Gasteiger partial charge in [0.1, 0.15) is 0 Å². The molecule has 2 atom stereocenters. The first-order chi connectivity index (χ1) is 11.9. The average molecular weight is 380 g/mol. The molecule has 134 valence electrons. The molecule has 2 N–H and O–H groups in total. The summed E-state index contributed by atoms with van der Waals surface area (Å²) in [7, 11) is -3.36. The first-order valence-electron chi connectivity index (χ1n) is 7.81. The van der Waals surface area contributed by atoms with Gasteiger partial charge in [0.25, 0.3) is 5.91 Å². The molecule has 1 aliphatic heterocycles. The molecule has 0 radical (unpaired) electrons. The molecule has 1 heterocycles. The Bertz CT molecular complexity index is 799. The van der Waals surface area contributed by atoms with E-state index >= 15 is 0 Å². The molecule has 1 saturated heterocycles. The number of amides is 2. The predicted molar refractivity (Wildman–Crippen MR) is 98.1 cm³/mol. The maximum absolute atomic E-state index is 12.5. The maximum Gasteiger partial charge on any atom is 0.251 e. The molecule has 0 saturated carbocycles. The van der Waals surface area contributed by atoms with Crippen LogP contribution in [0.2, 0.25) is 0 Å². The number of hydrogen-bond donors (Lipinski definition) is 2. The lowest BCUT2D eigenvalue weighted by molar-refractivity contribution is -0.124. The van der Waals surface area contributed by atoms with E-state index in [0.717, 1.165) is 4.90 Å². The highest BCUT2D eigenvalue weighted by molar-refractivity contribution is 7.99. The van der Waals surface area contributed by atoms with Crippen molar-refractivity contribution in [3.63, 3.8) is 0 Å². The second kappa shape index (κ2) is 8.41. The first-order valence-corrected chi connectivity index (χ1v) is 10.6. The van der Waals surface area contributed by atoms with Crippen LogP contribution in [0.1, 0.15) is 17.3 Å². The van der Waals surface area contributed by atoms with Crippen LogP contribution in [-0.4, -0.2) is 50.1 Å². The van der Waals surface area contributed by atoms with Crippen LogP contribution in [0.5, 0.6) is 0 Å². The maximum atomic E-state index is 12.5. The number of nitrogens with one attached hydrogen (secondary N) is 2. The fourth-order valence-corrected chi connectivity index (χ4v) is 5.22. The van der Waals surface area contributed by atoms with Gasteiger partial charge in [0.2, 0.25) is 5.91 Å². The Labute approximate surface area is 152 Å². The number of terminal acetylenes is 1. The van der Waals surface area contributed by atoms with Crippen LogP contribution in [-0.2, 0) is 14.6 Å². The lowest BCUT2D eigenvalue weighted by atomic mass is 10.0. The molecule has 0 aromatic heterocycles. The third kappa shape index (κ3) is 5.25. The minimum absolute atomic E-state index is 0.230. The van der Waals surface area contributed by atoms with Crippen molar-refractivity contribution in [3.8, 4) is 12.3 Å². The van der Waals surface area contributed by atoms with Gasteiger partial charge in [-0.2, -0.15) is 0 Å². The molecular weight excluding hydrogens is 360 g/mol. The summed E-state index contributed by atoms with van der Waals surface area (Å²) in [6.45, 7) is 2.17. The smallest absolute Gasteiger partial charge is 0.251 e. The van der Waals surface area contributed by atoms with Gasteiger partial charge in [0.05, 0.1) is 29.2 Å². The Balaban J connectivity index is 2.12. The third-order valence-corrected chi connectivity index (χ3v) is 6.41. The summed E-state index contributed by atoms with van der Waals surface area (Å²) >= 11 is 1.43. The van der Waals surface area contributed by atoms with E-state index < -0.39 is 27.7 Å². The number of benzene rings is 1. The van der Waals surface area contributed by atoms with Crippen molar-refractivity contribution in [2.24, 2.45) is 5.92 Å². The minimum Gasteiger partial charge on any atom is -0.356 e. The van der Waals surface area contributed by atoms with E-state index in [1.807, 2.05) is 6.07 Å². The zero-order valence-electron chi connectivity index (χ0n) is 13.8. The van der Waals surface area contributed by atoms with Crippen LogP contribution >= 0.6 is 11.8 Å². The monoisotopic (exact) mass is 380 g/mol. The molecule has 25 heavy (non-hydrogen) atoms. The molecule has 1 aliphatic rings. The normalized spacial score (nSPS) is 21.3. The van der Waals surface area contributed by atoms with Gasteiger partial charge in [0.15, 0.2) is 9.84 Å². The Hall–Kier alpha value is -1.98. The molecule has 6 nitrogen and oxygen atoms in total. The number of hydrogen-bond acceptors (Lipinski definition) is 5. The standard InChI is InChI=1S/C17H20N2O4S2/c1-3-8-24-13-7-5-6-12(9-13)16(20)19-15-11-25(22,23)10-14(15)17(21)18-4-2/h1,5-7,9,14-15H,4,8,10-11H2,2H3,(H,18,21)(H,19,20)/t14-,15-/m1/s1. The van der Waals surface area contributed by atoms with Gasteiger partial charge in [-0.05, 0) is 25.1 Å². The third-order valence-electron chi connectivity index (χ3n) is 3.78. The molecular formula is C17H20N2O4S2. The first kappa shape index (κ1) is 19.3. The van der Waals surface area contributed by atoms with Gasteiger partial charge in [-0.25, -0.2) is 8.42 Å². The SMILES string of the molecule is C#CCSc1cccc(C(=O)N[C@@H]2CS(=O)(=O)C[C@H]2C(=O)NCC)c1. The van der Waals surface area contributed by atoms with Gasteiger partial charge in [0, 0.05) is 17.0 Å². The van der Waals surface area contributed by atoms with Crippen molar-refractivity contribution in [1.82, 2.24) is 10.6 Å². The number of sulfone groups is 1. The van der Waals surface area contributed by atoms with Crippen molar-refractivity contribution >= 4 is 33.4 Å². The summed E-state index contributed by atoms with van der Waals surface area (Å²) in [6, 6.07) is 6.18. The lowest BCUT2D eigenvalue weighted by Crippen LogP contribution is -2.46. The van der Waals surface area contributed by atoms with Crippen LogP contribution in [0.15, 0.2) is 29.2 Å². The Morgan fingerprint density at radius 2 is 2.12 bits per heavy atom. The van der Waals surface area contributed by atoms with E-state index in [2.05, 4.69) is 16.6 Å². The topological polar surface area (TPSA) is 92.3 Å². The van der Waals surface area contributed by atoms with E-state index in [1.54, 1.807) is 25.1 Å². The zero-order chi connectivity index (χ0) is 18.4. The number of thioether (sulfide) groups is 1. The number of rotatable bonds is 6. The molecule has 0 unspecified atom stereocenters. The molecule has 1 aromatic rings. The quantitative estimate of drug-likeness (QED) is 0.560. The van der Waals surface area contributed by atoms with E-state index in [9.17, 15) is 18.0 Å². The molecule has 0 spiro atoms. The van der Waals surface area contributed by atoms with Crippen LogP contribution in [0, 0.1) is 18.3 Å². The van der Waals surface area contributed by atoms with Crippen molar-refractivity contribution < 1.29 is 18.0 Å². The largest absolute Gasteiger partial charge is 0.356 e. The number of carbonyl (C=O) groups is 2. The van der Waals surface area contributed by atoms with Crippen molar-refractivity contribution in [2.45, 2.75) is 17.9 Å². The van der Waals surface area contributed by atoms with Gasteiger partial charge < -0.3 is 10.6 Å². The van der Waals surface area contributed by atoms with E-state index in [0.29, 0.717) is 17.9 Å². The van der Waals surface area contributed by atoms with Crippen LogP contribution < -0.4 is 10.6 Å². The Kier molecular flexibility index (Phi) is 6.51. The van der Waals surface area contributed by atoms with E-state index in [-0.39, 0.29) is 17.4 Å². The second-order valence-corrected chi connectivity index (χ2v) is 8.88. The summed E-state index contributed by atoms with van der Waals surface area (Å²) in [5.41, 5.74) is 0.404. The second-order valence-electron chi connectivity index (χ2n) is 5.68. The highest BCUT2D eigenvalue weighted by atomic mass is 32.2. The van der Waals surface area contributed by atoms with Crippen molar-refractivity contribution in [2.75, 3.05) is 23.8 Å². The van der Waals surface area contributed by atoms with Gasteiger partial charge in [-0.1, -0.05) is 12.0 Å². The van der Waals surface area contributed by atoms with Gasteiger partial charge in [-0.3, -0.25) is 9.59 Å². The highest BCUT2D eigenvalue weighted by Gasteiger charge is 2.42. The number of carbonyl (C=O) groups excluding carboxylic acids is 2. The molecule has 0 aliphatic carbocycles. The van der Waals surface area contributed by atoms with Crippen LogP contribution in [0.25, 0.3) is 0 Å². The van der Waals surface area contributed by atoms with Gasteiger partial charge >= 0.3 is 0 Å². The molecule has 8 heteroatoms. The fraction of sp³-hybridized carbons (Fsp3) is 0.412. The van der Waals surface area contributed by atoms with Gasteiger partial charge in [-0.15, -0.1) is 18.2 Å². The Morgan fingerprint density at radius 3 is 2.80 bits per heavy atom. The van der Waals surface area contributed by atoms with E-state index in [1.165, 1.54) is 11.8 Å². The van der Waals surface area contributed by atoms with Crippen LogP contribution in [0.4, 0.5) is 0 Å². The minimum atomic E-state index is -3.36. The summed E-state index contributed by atoms with van der Waals surface area (Å²) in [6.07, 6.45) is 5.23. The lowest BCUT2D eigenvalue weighted by Gasteiger charge is -2.19. The Morgan fingerprint density at radius 1 is 1.36 bits per heavy atom. The predicted octanol–water partition coefficient (Wildman–Crippen LogP) is 0.691. The molecule has 2 rings (SSSR count). The molecule has 1 fully saturated rings. The van der Waals surface area contributed by atoms with Crippen LogP contribution in [0.3, 0.4) is 0 Å². The molecule has 1 aromatic carbocycles. The molecule has 2 amide bonds. The van der Waals surface area contributed by atoms with E-state index in [4.69, 9.17) is 6.42 Å². The summed E-state index contributed by atoms with van der Waals surface area (Å²) in [5.74, 6) is 0.999. The van der Waals surface area contributed by atoms with Crippen molar-refractivity contribution in [1.29, 1.82) is 0 Å². The zero-order valence-corrected chi connectivity index (χ0v) is 15.5.